The third kappa shape index (κ3) is 5.87. The van der Waals surface area contributed by atoms with Gasteiger partial charge in [0.05, 0.1) is 26.1 Å². The van der Waals surface area contributed by atoms with Crippen molar-refractivity contribution in [2.75, 3.05) is 13.1 Å². The van der Waals surface area contributed by atoms with Crippen LogP contribution in [-0.2, 0) is 13.1 Å². The molecule has 0 saturated carbocycles. The van der Waals surface area contributed by atoms with Crippen LogP contribution in [0.15, 0.2) is 54.6 Å². The summed E-state index contributed by atoms with van der Waals surface area (Å²) < 4.78 is 46.9. The third-order valence-corrected chi connectivity index (χ3v) is 8.35. The number of para-hydroxylation sites is 1. The number of aromatic nitrogens is 3. The van der Waals surface area contributed by atoms with Crippen molar-refractivity contribution >= 4 is 34.6 Å². The molecule has 0 aliphatic carbocycles. The van der Waals surface area contributed by atoms with Crippen molar-refractivity contribution in [3.8, 4) is 5.75 Å². The van der Waals surface area contributed by atoms with Crippen LogP contribution in [0.5, 0.6) is 5.75 Å². The van der Waals surface area contributed by atoms with Crippen LogP contribution in [0.25, 0.3) is 17.0 Å². The Balaban J connectivity index is 1.23. The molecule has 2 aromatic heterocycles. The van der Waals surface area contributed by atoms with Crippen molar-refractivity contribution < 1.29 is 29.9 Å². The molecular weight excluding hydrogens is 578 g/mol. The maximum absolute atomic E-state index is 15.4. The van der Waals surface area contributed by atoms with Crippen LogP contribution in [0, 0.1) is 5.82 Å². The lowest BCUT2D eigenvalue weighted by Gasteiger charge is -2.34. The molecule has 4 aromatic rings. The number of ether oxygens (including phenoxy) is 1. The molecule has 1 fully saturated rings. The van der Waals surface area contributed by atoms with E-state index >= 15 is 4.39 Å². The van der Waals surface area contributed by atoms with Crippen LogP contribution >= 0.6 is 11.6 Å². The SMILES string of the molecule is [2H][C@]1(c2ccc(Cl)cc2F)C=C(F)c2cccc(C3CCN(Cc4nc5ccc(C(=O)O)nc5n4C[C@@H](O)CC)CC3)c2O1. The number of likely N-dealkylation sites (tertiary alicyclic amines) is 1. The van der Waals surface area contributed by atoms with Gasteiger partial charge in [-0.25, -0.2) is 23.5 Å². The van der Waals surface area contributed by atoms with Crippen LogP contribution < -0.4 is 4.74 Å². The molecule has 2 atom stereocenters. The second-order valence-corrected chi connectivity index (χ2v) is 11.3. The maximum Gasteiger partial charge on any atom is 0.354 e. The Labute approximate surface area is 253 Å². The number of carboxylic acid groups (broad SMARTS) is 1. The summed E-state index contributed by atoms with van der Waals surface area (Å²) in [5.74, 6) is -1.61. The fourth-order valence-corrected chi connectivity index (χ4v) is 5.91. The van der Waals surface area contributed by atoms with E-state index in [1.165, 1.54) is 18.2 Å². The molecule has 4 heterocycles. The molecule has 1 saturated heterocycles. The van der Waals surface area contributed by atoms with Gasteiger partial charge in [0.15, 0.2) is 11.3 Å². The van der Waals surface area contributed by atoms with Gasteiger partial charge in [-0.05, 0) is 80.2 Å². The number of hydrogen-bond donors (Lipinski definition) is 2. The van der Waals surface area contributed by atoms with Crippen molar-refractivity contribution in [3.05, 3.63) is 93.7 Å². The highest BCUT2D eigenvalue weighted by molar-refractivity contribution is 6.30. The molecule has 0 spiro atoms. The monoisotopic (exact) mass is 609 g/mol. The molecule has 2 N–H and O–H groups in total. The number of nitrogens with zero attached hydrogens (tertiary/aromatic N) is 4. The summed E-state index contributed by atoms with van der Waals surface area (Å²) in [6.07, 6.45) is 0.182. The molecule has 8 nitrogen and oxygen atoms in total. The predicted molar refractivity (Wildman–Crippen MR) is 158 cm³/mol. The second-order valence-electron chi connectivity index (χ2n) is 10.9. The number of rotatable bonds is 8. The Kier molecular flexibility index (Phi) is 7.81. The van der Waals surface area contributed by atoms with E-state index in [2.05, 4.69) is 9.88 Å². The van der Waals surface area contributed by atoms with Gasteiger partial charge >= 0.3 is 5.97 Å². The van der Waals surface area contributed by atoms with Crippen LogP contribution in [-0.4, -0.2) is 54.8 Å². The number of aliphatic hydroxyl groups is 1. The average molecular weight is 610 g/mol. The minimum absolute atomic E-state index is 0.00642. The van der Waals surface area contributed by atoms with Gasteiger partial charge in [-0.1, -0.05) is 36.7 Å². The summed E-state index contributed by atoms with van der Waals surface area (Å²) in [4.78, 5) is 22.8. The number of aliphatic hydroxyl groups excluding tert-OH is 1. The molecular formula is C32H31ClF2N4O4. The van der Waals surface area contributed by atoms with E-state index in [-0.39, 0.29) is 40.1 Å². The number of piperidine rings is 1. The minimum Gasteiger partial charge on any atom is -0.480 e. The molecule has 43 heavy (non-hydrogen) atoms. The van der Waals surface area contributed by atoms with Crippen LogP contribution in [0.4, 0.5) is 8.78 Å². The normalized spacial score (nSPS) is 20.3. The van der Waals surface area contributed by atoms with E-state index < -0.39 is 29.8 Å². The molecule has 224 valence electrons. The molecule has 11 heteroatoms. The molecule has 0 radical (unpaired) electrons. The Hall–Kier alpha value is -3.86. The number of imidazole rings is 1. The molecule has 2 aliphatic heterocycles. The summed E-state index contributed by atoms with van der Waals surface area (Å²) in [5, 5.41) is 20.0. The van der Waals surface area contributed by atoms with Gasteiger partial charge in [-0.2, -0.15) is 0 Å². The Bertz CT molecular complexity index is 1770. The number of aromatic carboxylic acids is 1. The summed E-state index contributed by atoms with van der Waals surface area (Å²) in [6, 6.07) is 12.1. The van der Waals surface area contributed by atoms with Gasteiger partial charge < -0.3 is 19.5 Å². The second kappa shape index (κ2) is 12.0. The topological polar surface area (TPSA) is 101 Å². The zero-order chi connectivity index (χ0) is 31.2. The zero-order valence-corrected chi connectivity index (χ0v) is 24.2. The average Bonchev–Trinajstić information content (AvgIpc) is 3.32. The van der Waals surface area contributed by atoms with E-state index in [0.717, 1.165) is 17.7 Å². The first-order chi connectivity index (χ1) is 21.1. The van der Waals surface area contributed by atoms with Crippen molar-refractivity contribution in [1.29, 1.82) is 0 Å². The standard InChI is InChI=1S/C32H31ClF2N4O4/c1-2-20(40)16-39-29(36-26-8-9-27(32(41)42)37-31(26)39)17-38-12-10-18(11-13-38)21-4-3-5-23-25(35)15-28(43-30(21)23)22-7-6-19(33)14-24(22)34/h3-9,14-15,18,20,28,40H,2,10-13,16-17H2,1H3,(H,41,42)/t20-,28+/m0/s1/i28D. The number of benzene rings is 2. The number of carbonyl (C=O) groups is 1. The molecule has 0 bridgehead atoms. The minimum atomic E-state index is -2.10. The first-order valence-electron chi connectivity index (χ1n) is 14.7. The maximum atomic E-state index is 15.4. The largest absolute Gasteiger partial charge is 0.480 e. The summed E-state index contributed by atoms with van der Waals surface area (Å²) in [6.45, 7) is 3.93. The van der Waals surface area contributed by atoms with E-state index in [1.807, 2.05) is 13.0 Å². The van der Waals surface area contributed by atoms with Gasteiger partial charge in [-0.3, -0.25) is 4.90 Å². The number of fused-ring (bicyclic) bond motifs is 2. The first-order valence-corrected chi connectivity index (χ1v) is 14.6. The highest BCUT2D eigenvalue weighted by Gasteiger charge is 2.31. The van der Waals surface area contributed by atoms with E-state index in [1.54, 1.807) is 22.8 Å². The van der Waals surface area contributed by atoms with Gasteiger partial charge in [0.2, 0.25) is 0 Å². The summed E-state index contributed by atoms with van der Waals surface area (Å²) in [7, 11) is 0. The lowest BCUT2D eigenvalue weighted by atomic mass is 9.86. The van der Waals surface area contributed by atoms with E-state index in [9.17, 15) is 19.4 Å². The highest BCUT2D eigenvalue weighted by atomic mass is 35.5. The lowest BCUT2D eigenvalue weighted by molar-refractivity contribution is 0.0691. The molecule has 0 unspecified atom stereocenters. The molecule has 0 amide bonds. The quantitative estimate of drug-likeness (QED) is 0.235. The molecule has 6 rings (SSSR count). The number of carboxylic acids is 1. The number of pyridine rings is 1. The van der Waals surface area contributed by atoms with Crippen molar-refractivity contribution in [1.82, 2.24) is 19.4 Å². The number of halogens is 3. The third-order valence-electron chi connectivity index (χ3n) is 8.12. The fourth-order valence-electron chi connectivity index (χ4n) is 5.75. The Morgan fingerprint density at radius 3 is 2.67 bits per heavy atom. The highest BCUT2D eigenvalue weighted by Crippen LogP contribution is 2.45. The van der Waals surface area contributed by atoms with Crippen molar-refractivity contribution in [2.24, 2.45) is 0 Å². The lowest BCUT2D eigenvalue weighted by Crippen LogP contribution is -2.34. The van der Waals surface area contributed by atoms with Crippen molar-refractivity contribution in [2.45, 2.75) is 57.4 Å². The predicted octanol–water partition coefficient (Wildman–Crippen LogP) is 6.52. The van der Waals surface area contributed by atoms with Crippen LogP contribution in [0.2, 0.25) is 5.02 Å². The summed E-state index contributed by atoms with van der Waals surface area (Å²) >= 11 is 5.90. The van der Waals surface area contributed by atoms with Gasteiger partial charge in [0.1, 0.15) is 34.8 Å². The molecule has 2 aliphatic rings. The summed E-state index contributed by atoms with van der Waals surface area (Å²) in [5.41, 5.74) is 1.75. The van der Waals surface area contributed by atoms with Gasteiger partial charge in [0, 0.05) is 10.6 Å². The molecule has 2 aromatic carbocycles. The zero-order valence-electron chi connectivity index (χ0n) is 24.4. The smallest absolute Gasteiger partial charge is 0.354 e. The van der Waals surface area contributed by atoms with Gasteiger partial charge in [0.25, 0.3) is 0 Å². The van der Waals surface area contributed by atoms with E-state index in [0.29, 0.717) is 55.9 Å². The Morgan fingerprint density at radius 1 is 1.16 bits per heavy atom. The van der Waals surface area contributed by atoms with E-state index in [4.69, 9.17) is 22.7 Å². The Morgan fingerprint density at radius 2 is 1.95 bits per heavy atom. The number of hydrogen-bond acceptors (Lipinski definition) is 6. The van der Waals surface area contributed by atoms with Gasteiger partial charge in [-0.15, -0.1) is 0 Å². The van der Waals surface area contributed by atoms with Crippen LogP contribution in [0.1, 0.15) is 72.6 Å². The van der Waals surface area contributed by atoms with Crippen molar-refractivity contribution in [3.63, 3.8) is 0 Å². The fraction of sp³-hybridized carbons (Fsp3) is 0.344. The van der Waals surface area contributed by atoms with Crippen LogP contribution in [0.3, 0.4) is 0 Å². The first kappa shape index (κ1) is 27.9.